The summed E-state index contributed by atoms with van der Waals surface area (Å²) >= 11 is 0. The van der Waals surface area contributed by atoms with Gasteiger partial charge in [-0.2, -0.15) is 0 Å². The maximum Gasteiger partial charge on any atom is 0.124 e. The molecule has 1 saturated heterocycles. The van der Waals surface area contributed by atoms with Crippen LogP contribution in [0.3, 0.4) is 0 Å². The van der Waals surface area contributed by atoms with E-state index in [1.54, 1.807) is 14.2 Å². The highest BCUT2D eigenvalue weighted by atomic mass is 16.5. The monoisotopic (exact) mass is 237 g/mol. The molecule has 1 fully saturated rings. The average Bonchev–Trinajstić information content (AvgIpc) is 2.39. The second-order valence-electron chi connectivity index (χ2n) is 4.15. The van der Waals surface area contributed by atoms with Gasteiger partial charge in [-0.05, 0) is 24.6 Å². The fraction of sp³-hybridized carbons (Fsp3) is 0.538. The van der Waals surface area contributed by atoms with Crippen molar-refractivity contribution in [2.24, 2.45) is 0 Å². The van der Waals surface area contributed by atoms with Gasteiger partial charge in [-0.3, -0.25) is 0 Å². The fourth-order valence-electron chi connectivity index (χ4n) is 2.11. The Labute approximate surface area is 102 Å². The number of nitrogens with one attached hydrogen (secondary N) is 1. The molecule has 1 aliphatic rings. The zero-order valence-corrected chi connectivity index (χ0v) is 10.6. The lowest BCUT2D eigenvalue weighted by Crippen LogP contribution is -2.34. The van der Waals surface area contributed by atoms with Gasteiger partial charge in [0.1, 0.15) is 11.5 Å². The molecule has 4 heteroatoms. The average molecular weight is 237 g/mol. The van der Waals surface area contributed by atoms with Crippen LogP contribution in [0.25, 0.3) is 0 Å². The first-order chi connectivity index (χ1) is 8.26. The second-order valence-corrected chi connectivity index (χ2v) is 4.15. The molecule has 0 aromatic heterocycles. The Bertz CT molecular complexity index is 386. The number of rotatable bonds is 3. The highest BCUT2D eigenvalue weighted by Gasteiger charge is 2.20. The summed E-state index contributed by atoms with van der Waals surface area (Å²) in [7, 11) is 3.37. The van der Waals surface area contributed by atoms with Gasteiger partial charge in [0.05, 0.1) is 33.5 Å². The van der Waals surface area contributed by atoms with Crippen molar-refractivity contribution < 1.29 is 14.2 Å². The van der Waals surface area contributed by atoms with Gasteiger partial charge in [0.2, 0.25) is 0 Å². The van der Waals surface area contributed by atoms with Gasteiger partial charge in [0, 0.05) is 12.1 Å². The lowest BCUT2D eigenvalue weighted by molar-refractivity contribution is 0.0760. The van der Waals surface area contributed by atoms with Crippen LogP contribution in [-0.4, -0.2) is 34.0 Å². The first kappa shape index (κ1) is 12.2. The van der Waals surface area contributed by atoms with Gasteiger partial charge < -0.3 is 19.5 Å². The number of aryl methyl sites for hydroxylation is 1. The van der Waals surface area contributed by atoms with Crippen molar-refractivity contribution >= 4 is 0 Å². The van der Waals surface area contributed by atoms with E-state index < -0.39 is 0 Å². The number of methoxy groups -OCH3 is 2. The van der Waals surface area contributed by atoms with Crippen LogP contribution in [-0.2, 0) is 4.74 Å². The molecule has 1 aromatic carbocycles. The van der Waals surface area contributed by atoms with Gasteiger partial charge in [0.25, 0.3) is 0 Å². The molecule has 1 aliphatic heterocycles. The van der Waals surface area contributed by atoms with E-state index in [0.29, 0.717) is 6.61 Å². The van der Waals surface area contributed by atoms with Crippen LogP contribution < -0.4 is 14.8 Å². The zero-order chi connectivity index (χ0) is 12.3. The topological polar surface area (TPSA) is 39.7 Å². The van der Waals surface area contributed by atoms with Crippen LogP contribution in [0.15, 0.2) is 12.1 Å². The Balaban J connectivity index is 2.35. The molecule has 0 saturated carbocycles. The van der Waals surface area contributed by atoms with Crippen LogP contribution in [0.1, 0.15) is 17.2 Å². The van der Waals surface area contributed by atoms with Crippen molar-refractivity contribution in [3.8, 4) is 11.5 Å². The second kappa shape index (κ2) is 5.38. The molecule has 2 rings (SSSR count). The SMILES string of the molecule is COc1cc(C2COCCN2)c(OC)cc1C. The van der Waals surface area contributed by atoms with Gasteiger partial charge in [-0.15, -0.1) is 0 Å². The van der Waals surface area contributed by atoms with E-state index in [4.69, 9.17) is 14.2 Å². The molecule has 4 nitrogen and oxygen atoms in total. The molecule has 17 heavy (non-hydrogen) atoms. The molecule has 1 unspecified atom stereocenters. The number of hydrogen-bond donors (Lipinski definition) is 1. The quantitative estimate of drug-likeness (QED) is 0.868. The van der Waals surface area contributed by atoms with Gasteiger partial charge in [-0.1, -0.05) is 0 Å². The minimum atomic E-state index is 0.174. The van der Waals surface area contributed by atoms with Gasteiger partial charge in [-0.25, -0.2) is 0 Å². The van der Waals surface area contributed by atoms with Crippen molar-refractivity contribution in [2.45, 2.75) is 13.0 Å². The van der Waals surface area contributed by atoms with Crippen molar-refractivity contribution in [3.63, 3.8) is 0 Å². The van der Waals surface area contributed by atoms with E-state index in [1.807, 2.05) is 19.1 Å². The summed E-state index contributed by atoms with van der Waals surface area (Å²) in [6.07, 6.45) is 0. The standard InChI is InChI=1S/C13H19NO3/c1-9-6-13(16-3)10(7-12(9)15-2)11-8-17-5-4-14-11/h6-7,11,14H,4-5,8H2,1-3H3. The Morgan fingerprint density at radius 1 is 1.24 bits per heavy atom. The normalized spacial score (nSPS) is 20.1. The lowest BCUT2D eigenvalue weighted by atomic mass is 10.0. The van der Waals surface area contributed by atoms with Gasteiger partial charge in [0.15, 0.2) is 0 Å². The summed E-state index contributed by atoms with van der Waals surface area (Å²) in [6.45, 7) is 4.31. The highest BCUT2D eigenvalue weighted by molar-refractivity contribution is 5.47. The molecule has 0 aliphatic carbocycles. The van der Waals surface area contributed by atoms with Crippen LogP contribution in [0.4, 0.5) is 0 Å². The summed E-state index contributed by atoms with van der Waals surface area (Å²) < 4.78 is 16.3. The smallest absolute Gasteiger partial charge is 0.124 e. The summed E-state index contributed by atoms with van der Waals surface area (Å²) in [5.74, 6) is 1.76. The molecule has 1 heterocycles. The minimum Gasteiger partial charge on any atom is -0.496 e. The predicted octanol–water partition coefficient (Wildman–Crippen LogP) is 1.67. The lowest BCUT2D eigenvalue weighted by Gasteiger charge is -2.26. The van der Waals surface area contributed by atoms with Crippen molar-refractivity contribution in [1.82, 2.24) is 5.32 Å². The summed E-state index contributed by atoms with van der Waals surface area (Å²) in [6, 6.07) is 4.21. The molecule has 0 bridgehead atoms. The molecule has 0 amide bonds. The minimum absolute atomic E-state index is 0.174. The molecule has 94 valence electrons. The largest absolute Gasteiger partial charge is 0.496 e. The molecular formula is C13H19NO3. The number of morpholine rings is 1. The first-order valence-corrected chi connectivity index (χ1v) is 5.80. The Morgan fingerprint density at radius 3 is 2.59 bits per heavy atom. The third-order valence-electron chi connectivity index (χ3n) is 3.04. The maximum atomic E-state index is 5.48. The molecule has 1 atom stereocenters. The maximum absolute atomic E-state index is 5.48. The fourth-order valence-corrected chi connectivity index (χ4v) is 2.11. The molecular weight excluding hydrogens is 218 g/mol. The Morgan fingerprint density at radius 2 is 2.00 bits per heavy atom. The van der Waals surface area contributed by atoms with Crippen LogP contribution in [0, 0.1) is 6.92 Å². The summed E-state index contributed by atoms with van der Waals surface area (Å²) in [5.41, 5.74) is 2.17. The van der Waals surface area contributed by atoms with E-state index in [9.17, 15) is 0 Å². The van der Waals surface area contributed by atoms with E-state index in [1.165, 1.54) is 0 Å². The highest BCUT2D eigenvalue weighted by Crippen LogP contribution is 2.33. The first-order valence-electron chi connectivity index (χ1n) is 5.80. The zero-order valence-electron chi connectivity index (χ0n) is 10.6. The molecule has 1 aromatic rings. The predicted molar refractivity (Wildman–Crippen MR) is 65.8 cm³/mol. The van der Waals surface area contributed by atoms with E-state index >= 15 is 0 Å². The Hall–Kier alpha value is -1.26. The van der Waals surface area contributed by atoms with Crippen LogP contribution in [0.5, 0.6) is 11.5 Å². The molecule has 0 radical (unpaired) electrons. The van der Waals surface area contributed by atoms with Crippen molar-refractivity contribution in [3.05, 3.63) is 23.3 Å². The van der Waals surface area contributed by atoms with Crippen LogP contribution in [0.2, 0.25) is 0 Å². The number of benzene rings is 1. The Kier molecular flexibility index (Phi) is 3.86. The summed E-state index contributed by atoms with van der Waals surface area (Å²) in [4.78, 5) is 0. The number of hydrogen-bond acceptors (Lipinski definition) is 4. The van der Waals surface area contributed by atoms with Gasteiger partial charge >= 0.3 is 0 Å². The third-order valence-corrected chi connectivity index (χ3v) is 3.04. The van der Waals surface area contributed by atoms with E-state index in [-0.39, 0.29) is 6.04 Å². The van der Waals surface area contributed by atoms with E-state index in [0.717, 1.165) is 35.8 Å². The van der Waals surface area contributed by atoms with Crippen molar-refractivity contribution in [1.29, 1.82) is 0 Å². The van der Waals surface area contributed by atoms with E-state index in [2.05, 4.69) is 5.32 Å². The molecule has 1 N–H and O–H groups in total. The van der Waals surface area contributed by atoms with Crippen molar-refractivity contribution in [2.75, 3.05) is 34.0 Å². The van der Waals surface area contributed by atoms with Crippen LogP contribution >= 0.6 is 0 Å². The summed E-state index contributed by atoms with van der Waals surface area (Å²) in [5, 5.41) is 3.42. The molecule has 0 spiro atoms. The number of ether oxygens (including phenoxy) is 3. The third kappa shape index (κ3) is 2.53.